The Bertz CT molecular complexity index is 1200. The van der Waals surface area contributed by atoms with Gasteiger partial charge in [-0.15, -0.1) is 11.3 Å². The molecule has 1 atom stereocenters. The maximum absolute atomic E-state index is 14.4. The smallest absolute Gasteiger partial charge is 0.228 e. The van der Waals surface area contributed by atoms with Crippen LogP contribution in [-0.2, 0) is 0 Å². The molecular formula is C20H19FN8OS. The normalized spacial score (nSPS) is 18.6. The lowest BCUT2D eigenvalue weighted by Gasteiger charge is -2.22. The van der Waals surface area contributed by atoms with Crippen molar-refractivity contribution in [1.82, 2.24) is 30.3 Å². The summed E-state index contributed by atoms with van der Waals surface area (Å²) in [5.41, 5.74) is 1.78. The van der Waals surface area contributed by atoms with Crippen molar-refractivity contribution in [3.63, 3.8) is 0 Å². The van der Waals surface area contributed by atoms with Gasteiger partial charge in [-0.25, -0.2) is 14.4 Å². The van der Waals surface area contributed by atoms with Crippen LogP contribution in [0.15, 0.2) is 34.4 Å². The van der Waals surface area contributed by atoms with Crippen molar-refractivity contribution < 1.29 is 8.91 Å². The van der Waals surface area contributed by atoms with Gasteiger partial charge in [0, 0.05) is 41.9 Å². The van der Waals surface area contributed by atoms with Gasteiger partial charge in [0.25, 0.3) is 0 Å². The minimum absolute atomic E-state index is 0.0635. The highest BCUT2D eigenvalue weighted by Crippen LogP contribution is 2.40. The standard InChI is InChI=1S/C20H19FN8OS/c21-12-10-23-20(25-18(12)24-17-9-13(26-27-17)11-3-4-11)29-6-1-2-15(29)16-8-14(28-30-16)19-22-5-7-31-19/h5,7-11,15H,1-4,6H2,(H2,23,24,25,26,27). The summed E-state index contributed by atoms with van der Waals surface area (Å²) in [5.74, 6) is 1.83. The Hall–Kier alpha value is -3.34. The van der Waals surface area contributed by atoms with Gasteiger partial charge in [-0.3, -0.25) is 5.10 Å². The fourth-order valence-electron chi connectivity index (χ4n) is 3.91. The number of anilines is 3. The molecule has 0 aromatic carbocycles. The first-order chi connectivity index (χ1) is 15.2. The summed E-state index contributed by atoms with van der Waals surface area (Å²) in [5, 5.41) is 17.1. The van der Waals surface area contributed by atoms with Gasteiger partial charge >= 0.3 is 0 Å². The van der Waals surface area contributed by atoms with Gasteiger partial charge in [0.2, 0.25) is 5.95 Å². The highest BCUT2D eigenvalue weighted by Gasteiger charge is 2.32. The van der Waals surface area contributed by atoms with Gasteiger partial charge in [-0.1, -0.05) is 5.16 Å². The van der Waals surface area contributed by atoms with Crippen molar-refractivity contribution in [2.45, 2.75) is 37.6 Å². The largest absolute Gasteiger partial charge is 0.358 e. The first-order valence-electron chi connectivity index (χ1n) is 10.2. The molecule has 158 valence electrons. The molecule has 0 spiro atoms. The highest BCUT2D eigenvalue weighted by atomic mass is 32.1. The average molecular weight is 438 g/mol. The molecule has 5 heterocycles. The van der Waals surface area contributed by atoms with E-state index in [1.165, 1.54) is 17.5 Å². The van der Waals surface area contributed by atoms with Crippen LogP contribution < -0.4 is 10.2 Å². The van der Waals surface area contributed by atoms with E-state index < -0.39 is 5.82 Å². The molecule has 2 N–H and O–H groups in total. The molecule has 4 aromatic heterocycles. The predicted octanol–water partition coefficient (Wildman–Crippen LogP) is 4.41. The van der Waals surface area contributed by atoms with Crippen LogP contribution in [0.5, 0.6) is 0 Å². The number of rotatable bonds is 6. The third-order valence-electron chi connectivity index (χ3n) is 5.61. The average Bonchev–Trinajstić information content (AvgIpc) is 3.29. The minimum Gasteiger partial charge on any atom is -0.358 e. The number of aromatic nitrogens is 6. The fraction of sp³-hybridized carbons (Fsp3) is 0.350. The number of nitrogens with one attached hydrogen (secondary N) is 2. The van der Waals surface area contributed by atoms with Gasteiger partial charge < -0.3 is 14.7 Å². The zero-order chi connectivity index (χ0) is 20.8. The second-order valence-electron chi connectivity index (χ2n) is 7.78. The maximum Gasteiger partial charge on any atom is 0.228 e. The third-order valence-corrected chi connectivity index (χ3v) is 6.41. The Labute approximate surface area is 180 Å². The van der Waals surface area contributed by atoms with Gasteiger partial charge in [0.15, 0.2) is 23.2 Å². The zero-order valence-corrected chi connectivity index (χ0v) is 17.3. The van der Waals surface area contributed by atoms with Crippen LogP contribution in [0.4, 0.5) is 22.0 Å². The molecule has 4 aromatic rings. The second-order valence-corrected chi connectivity index (χ2v) is 8.67. The zero-order valence-electron chi connectivity index (χ0n) is 16.5. The summed E-state index contributed by atoms with van der Waals surface area (Å²) in [4.78, 5) is 15.0. The monoisotopic (exact) mass is 438 g/mol. The number of hydrogen-bond donors (Lipinski definition) is 2. The lowest BCUT2D eigenvalue weighted by atomic mass is 10.1. The van der Waals surface area contributed by atoms with E-state index in [1.807, 2.05) is 22.4 Å². The van der Waals surface area contributed by atoms with E-state index >= 15 is 0 Å². The number of halogens is 1. The number of H-pyrrole nitrogens is 1. The molecule has 0 radical (unpaired) electrons. The predicted molar refractivity (Wildman–Crippen MR) is 113 cm³/mol. The molecule has 1 saturated heterocycles. The van der Waals surface area contributed by atoms with E-state index in [1.54, 1.807) is 6.20 Å². The Kier molecular flexibility index (Phi) is 4.41. The van der Waals surface area contributed by atoms with Crippen molar-refractivity contribution >= 4 is 28.9 Å². The molecule has 2 aliphatic rings. The summed E-state index contributed by atoms with van der Waals surface area (Å²) >= 11 is 1.51. The molecule has 31 heavy (non-hydrogen) atoms. The van der Waals surface area contributed by atoms with Crippen molar-refractivity contribution in [3.8, 4) is 10.7 Å². The van der Waals surface area contributed by atoms with Gasteiger partial charge in [-0.05, 0) is 25.7 Å². The molecule has 2 fully saturated rings. The van der Waals surface area contributed by atoms with Crippen molar-refractivity contribution in [3.05, 3.63) is 47.2 Å². The molecule has 1 saturated carbocycles. The van der Waals surface area contributed by atoms with Gasteiger partial charge in [0.05, 0.1) is 12.2 Å². The highest BCUT2D eigenvalue weighted by molar-refractivity contribution is 7.13. The topological polar surface area (TPSA) is 109 Å². The lowest BCUT2D eigenvalue weighted by Crippen LogP contribution is -2.24. The van der Waals surface area contributed by atoms with Crippen molar-refractivity contribution in [2.24, 2.45) is 0 Å². The summed E-state index contributed by atoms with van der Waals surface area (Å²) in [6.45, 7) is 0.747. The third kappa shape index (κ3) is 3.54. The maximum atomic E-state index is 14.4. The molecule has 1 aliphatic carbocycles. The molecule has 6 rings (SSSR count). The van der Waals surface area contributed by atoms with E-state index in [4.69, 9.17) is 4.52 Å². The Morgan fingerprint density at radius 1 is 1.23 bits per heavy atom. The van der Waals surface area contributed by atoms with Crippen molar-refractivity contribution in [1.29, 1.82) is 0 Å². The summed E-state index contributed by atoms with van der Waals surface area (Å²) < 4.78 is 20.0. The van der Waals surface area contributed by atoms with Crippen molar-refractivity contribution in [2.75, 3.05) is 16.8 Å². The van der Waals surface area contributed by atoms with Crippen LogP contribution in [-0.4, -0.2) is 36.9 Å². The number of aromatic amines is 1. The second kappa shape index (κ2) is 7.41. The van der Waals surface area contributed by atoms with Crippen LogP contribution in [0.2, 0.25) is 0 Å². The SMILES string of the molecule is Fc1cnc(N2CCCC2c2cc(-c3nccs3)no2)nc1Nc1cc(C2CC2)[nH]n1. The number of thiazole rings is 1. The summed E-state index contributed by atoms with van der Waals surface area (Å²) in [6.07, 6.45) is 7.08. The minimum atomic E-state index is -0.527. The first-order valence-corrected chi connectivity index (χ1v) is 11.1. The Morgan fingerprint density at radius 2 is 2.16 bits per heavy atom. The Balaban J connectivity index is 1.25. The quantitative estimate of drug-likeness (QED) is 0.456. The van der Waals surface area contributed by atoms with Crippen LogP contribution in [0.1, 0.15) is 49.1 Å². The van der Waals surface area contributed by atoms with Gasteiger partial charge in [-0.2, -0.15) is 10.1 Å². The van der Waals surface area contributed by atoms with Crippen LogP contribution >= 0.6 is 11.3 Å². The number of hydrogen-bond acceptors (Lipinski definition) is 9. The van der Waals surface area contributed by atoms with Crippen LogP contribution in [0.25, 0.3) is 10.7 Å². The molecule has 0 bridgehead atoms. The van der Waals surface area contributed by atoms with E-state index in [9.17, 15) is 4.39 Å². The molecule has 11 heteroatoms. The fourth-order valence-corrected chi connectivity index (χ4v) is 4.50. The van der Waals surface area contributed by atoms with Gasteiger partial charge in [0.1, 0.15) is 10.7 Å². The summed E-state index contributed by atoms with van der Waals surface area (Å²) in [6, 6.07) is 3.76. The lowest BCUT2D eigenvalue weighted by molar-refractivity contribution is 0.362. The van der Waals surface area contributed by atoms with Crippen LogP contribution in [0.3, 0.4) is 0 Å². The molecule has 1 aliphatic heterocycles. The first kappa shape index (κ1) is 18.4. The molecule has 9 nitrogen and oxygen atoms in total. The molecule has 0 amide bonds. The van der Waals surface area contributed by atoms with E-state index in [-0.39, 0.29) is 11.9 Å². The van der Waals surface area contributed by atoms with E-state index in [0.717, 1.165) is 48.7 Å². The molecule has 1 unspecified atom stereocenters. The summed E-state index contributed by atoms with van der Waals surface area (Å²) in [7, 11) is 0. The molecular weight excluding hydrogens is 419 g/mol. The van der Waals surface area contributed by atoms with E-state index in [0.29, 0.717) is 23.4 Å². The Morgan fingerprint density at radius 3 is 3.00 bits per heavy atom. The van der Waals surface area contributed by atoms with E-state index in [2.05, 4.69) is 35.6 Å². The van der Waals surface area contributed by atoms with Crippen LogP contribution in [0, 0.1) is 5.82 Å². The number of nitrogens with zero attached hydrogens (tertiary/aromatic N) is 6.